The lowest BCUT2D eigenvalue weighted by molar-refractivity contribution is -0.910. The monoisotopic (exact) mass is 600 g/mol. The van der Waals surface area contributed by atoms with Gasteiger partial charge in [-0.3, -0.25) is 0 Å². The van der Waals surface area contributed by atoms with Crippen LogP contribution in [0, 0.1) is 11.8 Å². The van der Waals surface area contributed by atoms with Crippen LogP contribution in [0.15, 0.2) is 0 Å². The molecule has 1 unspecified atom stereocenters. The highest BCUT2D eigenvalue weighted by Crippen LogP contribution is 2.21. The Morgan fingerprint density at radius 3 is 1.45 bits per heavy atom. The minimum absolute atomic E-state index is 0. The summed E-state index contributed by atoms with van der Waals surface area (Å²) in [6.07, 6.45) is 35.9. The molecule has 1 N–H and O–H groups in total. The summed E-state index contributed by atoms with van der Waals surface area (Å²) in [5, 5.41) is 0. The Kier molecular flexibility index (Phi) is 27.9. The van der Waals surface area contributed by atoms with Gasteiger partial charge in [-0.15, -0.1) is 0 Å². The molecule has 2 aliphatic rings. The highest BCUT2D eigenvalue weighted by Gasteiger charge is 2.30. The maximum Gasteiger partial charge on any atom is 0.149 e. The quantitative estimate of drug-likeness (QED) is 0.0987. The van der Waals surface area contributed by atoms with E-state index in [4.69, 9.17) is 0 Å². The van der Waals surface area contributed by atoms with Gasteiger partial charge in [0.2, 0.25) is 0 Å². The van der Waals surface area contributed by atoms with Crippen LogP contribution in [0.2, 0.25) is 0 Å². The summed E-state index contributed by atoms with van der Waals surface area (Å²) in [5.74, 6) is 7.70. The van der Waals surface area contributed by atoms with E-state index >= 15 is 0 Å². The number of nitrogens with zero attached hydrogens (tertiary/aromatic N) is 1. The lowest BCUT2D eigenvalue weighted by Crippen LogP contribution is -3.13. The van der Waals surface area contributed by atoms with E-state index in [2.05, 4.69) is 25.7 Å². The first-order valence-corrected chi connectivity index (χ1v) is 18.0. The molecule has 0 aliphatic carbocycles. The average Bonchev–Trinajstić information content (AvgIpc) is 3.63. The topological polar surface area (TPSA) is 4.44 Å². The number of likely N-dealkylation sites (tertiary alicyclic amines) is 2. The largest absolute Gasteiger partial charge is 1.00 e. The van der Waals surface area contributed by atoms with E-state index in [1.54, 1.807) is 0 Å². The third kappa shape index (κ3) is 19.3. The second kappa shape index (κ2) is 27.9. The van der Waals surface area contributed by atoms with Crippen molar-refractivity contribution in [2.75, 3.05) is 39.3 Å². The molecule has 0 aromatic heterocycles. The lowest BCUT2D eigenvalue weighted by Gasteiger charge is -2.32. The van der Waals surface area contributed by atoms with Crippen LogP contribution in [0.4, 0.5) is 0 Å². The third-order valence-electron chi connectivity index (χ3n) is 9.78. The smallest absolute Gasteiger partial charge is 0.149 e. The zero-order valence-electron chi connectivity index (χ0n) is 27.2. The number of unbranched alkanes of at least 4 members (excludes halogenated alkanes) is 18. The Bertz CT molecular complexity index is 587. The van der Waals surface area contributed by atoms with Gasteiger partial charge in [-0.2, -0.15) is 0 Å². The maximum atomic E-state index is 3.88. The zero-order valence-corrected chi connectivity index (χ0v) is 28.7. The molecule has 2 rings (SSSR count). The van der Waals surface area contributed by atoms with Crippen molar-refractivity contribution in [2.24, 2.45) is 0 Å². The molecule has 0 aromatic rings. The molecule has 2 nitrogen and oxygen atoms in total. The predicted octanol–water partition coefficient (Wildman–Crippen LogP) is 2.89. The van der Waals surface area contributed by atoms with Gasteiger partial charge in [-0.05, 0) is 31.1 Å². The first-order chi connectivity index (χ1) is 18.8. The van der Waals surface area contributed by atoms with E-state index in [-0.39, 0.29) is 24.8 Å². The molecule has 0 radical (unpaired) electrons. The summed E-state index contributed by atoms with van der Waals surface area (Å²) in [5.41, 5.74) is 0. The van der Waals surface area contributed by atoms with Gasteiger partial charge in [0.25, 0.3) is 0 Å². The molecule has 0 bridgehead atoms. The second-order valence-corrected chi connectivity index (χ2v) is 13.3. The highest BCUT2D eigenvalue weighted by molar-refractivity contribution is 5.05. The Labute approximate surface area is 265 Å². The van der Waals surface area contributed by atoms with E-state index in [0.717, 1.165) is 6.54 Å². The van der Waals surface area contributed by atoms with Crippen molar-refractivity contribution in [3.8, 4) is 11.8 Å². The minimum Gasteiger partial charge on any atom is -1.00 e. The van der Waals surface area contributed by atoms with E-state index < -0.39 is 0 Å². The van der Waals surface area contributed by atoms with Crippen LogP contribution < -0.4 is 29.7 Å². The first-order valence-electron chi connectivity index (χ1n) is 18.0. The second-order valence-electron chi connectivity index (χ2n) is 13.3. The molecule has 1 atom stereocenters. The molecular formula is C36H70Cl2N2. The molecule has 0 aromatic carbocycles. The van der Waals surface area contributed by atoms with Crippen LogP contribution in [-0.4, -0.2) is 49.8 Å². The van der Waals surface area contributed by atoms with Crippen LogP contribution in [-0.2, 0) is 0 Å². The van der Waals surface area contributed by atoms with Gasteiger partial charge in [-0.25, -0.2) is 0 Å². The van der Waals surface area contributed by atoms with Crippen molar-refractivity contribution in [1.29, 1.82) is 0 Å². The summed E-state index contributed by atoms with van der Waals surface area (Å²) in [4.78, 5) is 1.82. The normalized spacial score (nSPS) is 17.1. The van der Waals surface area contributed by atoms with Crippen molar-refractivity contribution < 1.29 is 34.2 Å². The first kappa shape index (κ1) is 40.1. The van der Waals surface area contributed by atoms with Gasteiger partial charge >= 0.3 is 0 Å². The Balaban J connectivity index is 0.00000760. The van der Waals surface area contributed by atoms with Crippen molar-refractivity contribution >= 4 is 0 Å². The van der Waals surface area contributed by atoms with E-state index in [1.165, 1.54) is 198 Å². The molecular weight excluding hydrogens is 531 g/mol. The maximum absolute atomic E-state index is 3.88. The van der Waals surface area contributed by atoms with Gasteiger partial charge in [0.05, 0.1) is 32.7 Å². The standard InChI is InChI=1S/C36H69N2.2ClH/c1-3-5-7-9-11-13-15-17-19-21-28-36(37-30-22-23-31-37)29-27-35-38(33-25-26-34-38)32-24-20-18-16-14-12-10-8-6-4-2;;/h36H,3-26,28,30-35H2,1-2H3;2*1H/q+1;;/p-1. The van der Waals surface area contributed by atoms with Crippen LogP contribution in [0.5, 0.6) is 0 Å². The van der Waals surface area contributed by atoms with Gasteiger partial charge in [0, 0.05) is 32.1 Å². The van der Waals surface area contributed by atoms with Gasteiger partial charge in [-0.1, -0.05) is 123 Å². The van der Waals surface area contributed by atoms with E-state index in [9.17, 15) is 0 Å². The molecule has 2 saturated heterocycles. The summed E-state index contributed by atoms with van der Waals surface area (Å²) in [6, 6.07) is 0.617. The van der Waals surface area contributed by atoms with E-state index in [0.29, 0.717) is 6.04 Å². The van der Waals surface area contributed by atoms with Crippen LogP contribution in [0.25, 0.3) is 0 Å². The highest BCUT2D eigenvalue weighted by atomic mass is 35.5. The molecule has 0 spiro atoms. The predicted molar refractivity (Wildman–Crippen MR) is 169 cm³/mol. The fraction of sp³-hybridized carbons (Fsp3) is 0.944. The molecule has 4 heteroatoms. The molecule has 2 fully saturated rings. The Morgan fingerprint density at radius 1 is 0.550 bits per heavy atom. The SMILES string of the molecule is CCCCCCCCCCCCC(C#CC[N+]1(CCCCCCCCCCCC)CCCC1)[NH+]1CCCC1.[Cl-].[Cl-]. The number of rotatable bonds is 24. The molecule has 2 heterocycles. The number of hydrogen-bond donors (Lipinski definition) is 1. The molecule has 0 saturated carbocycles. The van der Waals surface area contributed by atoms with Crippen molar-refractivity contribution in [3.05, 3.63) is 0 Å². The molecule has 40 heavy (non-hydrogen) atoms. The number of halogens is 2. The zero-order chi connectivity index (χ0) is 27.0. The van der Waals surface area contributed by atoms with Crippen molar-refractivity contribution in [3.63, 3.8) is 0 Å². The number of quaternary nitrogens is 2. The van der Waals surface area contributed by atoms with E-state index in [1.807, 2.05) is 4.90 Å². The van der Waals surface area contributed by atoms with Gasteiger partial charge in [0.1, 0.15) is 12.6 Å². The Morgan fingerprint density at radius 2 is 0.975 bits per heavy atom. The average molecular weight is 602 g/mol. The summed E-state index contributed by atoms with van der Waals surface area (Å²) in [7, 11) is 0. The van der Waals surface area contributed by atoms with Crippen LogP contribution in [0.3, 0.4) is 0 Å². The summed E-state index contributed by atoms with van der Waals surface area (Å²) >= 11 is 0. The Hall–Kier alpha value is 0.0600. The summed E-state index contributed by atoms with van der Waals surface area (Å²) < 4.78 is 1.32. The van der Waals surface area contributed by atoms with Crippen LogP contribution >= 0.6 is 0 Å². The fourth-order valence-corrected chi connectivity index (χ4v) is 7.13. The molecule has 238 valence electrons. The van der Waals surface area contributed by atoms with Crippen molar-refractivity contribution in [2.45, 2.75) is 180 Å². The minimum atomic E-state index is 0. The van der Waals surface area contributed by atoms with Gasteiger partial charge in [0.15, 0.2) is 0 Å². The number of hydrogen-bond acceptors (Lipinski definition) is 0. The molecule has 0 amide bonds. The third-order valence-corrected chi connectivity index (χ3v) is 9.78. The summed E-state index contributed by atoms with van der Waals surface area (Å²) in [6.45, 7) is 12.7. The molecule has 2 aliphatic heterocycles. The van der Waals surface area contributed by atoms with Crippen molar-refractivity contribution in [1.82, 2.24) is 0 Å². The number of nitrogens with one attached hydrogen (secondary N) is 1. The van der Waals surface area contributed by atoms with Crippen LogP contribution in [0.1, 0.15) is 174 Å². The lowest BCUT2D eigenvalue weighted by atomic mass is 10.0. The van der Waals surface area contributed by atoms with Gasteiger partial charge < -0.3 is 34.2 Å². The fourth-order valence-electron chi connectivity index (χ4n) is 7.13.